The first kappa shape index (κ1) is 26.3. The van der Waals surface area contributed by atoms with Gasteiger partial charge in [-0.15, -0.1) is 0 Å². The zero-order chi connectivity index (χ0) is 26.8. The Morgan fingerprint density at radius 1 is 0.919 bits per heavy atom. The molecule has 194 valence electrons. The molecule has 2 N–H and O–H groups in total. The first-order valence-corrected chi connectivity index (χ1v) is 12.4. The standard InChI is InChI=1S/C25H21F3N2O6S/c26-25(27,28)19-7-4-16(5-8-19)17-6-9-22(21(15-17)24(32)33)29-23(31)18-2-1-3-20(14-18)37(34,35)30-10-12-36-13-11-30/h1-9,14-15H,10-13H2,(H,29,31)(H,32,33). The van der Waals surface area contributed by atoms with Gasteiger partial charge in [0.05, 0.1) is 34.9 Å². The van der Waals surface area contributed by atoms with E-state index in [1.807, 2.05) is 0 Å². The Morgan fingerprint density at radius 3 is 2.19 bits per heavy atom. The molecular weight excluding hydrogens is 513 g/mol. The molecule has 0 saturated carbocycles. The fourth-order valence-electron chi connectivity index (χ4n) is 3.79. The lowest BCUT2D eigenvalue weighted by Crippen LogP contribution is -2.40. The summed E-state index contributed by atoms with van der Waals surface area (Å²) >= 11 is 0. The molecule has 0 atom stereocenters. The van der Waals surface area contributed by atoms with E-state index in [2.05, 4.69) is 5.32 Å². The molecule has 8 nitrogen and oxygen atoms in total. The lowest BCUT2D eigenvalue weighted by Gasteiger charge is -2.26. The number of carbonyl (C=O) groups is 2. The first-order chi connectivity index (χ1) is 17.5. The van der Waals surface area contributed by atoms with Gasteiger partial charge in [-0.05, 0) is 53.6 Å². The molecule has 12 heteroatoms. The topological polar surface area (TPSA) is 113 Å². The van der Waals surface area contributed by atoms with E-state index >= 15 is 0 Å². The Labute approximate surface area is 210 Å². The van der Waals surface area contributed by atoms with Crippen LogP contribution < -0.4 is 5.32 Å². The molecular formula is C25H21F3N2O6S. The van der Waals surface area contributed by atoms with Crippen molar-refractivity contribution >= 4 is 27.6 Å². The van der Waals surface area contributed by atoms with Crippen LogP contribution in [-0.2, 0) is 20.9 Å². The number of carbonyl (C=O) groups excluding carboxylic acids is 1. The summed E-state index contributed by atoms with van der Waals surface area (Å²) in [6, 6.07) is 13.6. The minimum Gasteiger partial charge on any atom is -0.478 e. The molecule has 0 spiro atoms. The van der Waals surface area contributed by atoms with Crippen molar-refractivity contribution in [3.8, 4) is 11.1 Å². The number of alkyl halides is 3. The van der Waals surface area contributed by atoms with Crippen LogP contribution in [0.4, 0.5) is 18.9 Å². The number of anilines is 1. The number of ether oxygens (including phenoxy) is 1. The van der Waals surface area contributed by atoms with Crippen LogP contribution in [0.15, 0.2) is 71.6 Å². The van der Waals surface area contributed by atoms with Crippen LogP contribution in [0.1, 0.15) is 26.3 Å². The fourth-order valence-corrected chi connectivity index (χ4v) is 5.24. The van der Waals surface area contributed by atoms with E-state index in [0.717, 1.165) is 12.1 Å². The Kier molecular flexibility index (Phi) is 7.35. The maximum atomic E-state index is 12.9. The molecule has 4 rings (SSSR count). The van der Waals surface area contributed by atoms with Gasteiger partial charge in [-0.25, -0.2) is 13.2 Å². The summed E-state index contributed by atoms with van der Waals surface area (Å²) in [5.41, 5.74) is -0.497. The molecule has 1 fully saturated rings. The Morgan fingerprint density at radius 2 is 1.57 bits per heavy atom. The summed E-state index contributed by atoms with van der Waals surface area (Å²) in [5.74, 6) is -2.10. The van der Waals surface area contributed by atoms with Crippen molar-refractivity contribution in [2.75, 3.05) is 31.6 Å². The second-order valence-electron chi connectivity index (χ2n) is 8.14. The van der Waals surface area contributed by atoms with Crippen LogP contribution in [0, 0.1) is 0 Å². The van der Waals surface area contributed by atoms with Gasteiger partial charge in [-0.2, -0.15) is 17.5 Å². The molecule has 1 saturated heterocycles. The Balaban J connectivity index is 1.58. The summed E-state index contributed by atoms with van der Waals surface area (Å²) in [6.45, 7) is 0.900. The number of carboxylic acid groups (broad SMARTS) is 1. The van der Waals surface area contributed by atoms with Crippen molar-refractivity contribution in [1.82, 2.24) is 4.31 Å². The van der Waals surface area contributed by atoms with Gasteiger partial charge < -0.3 is 15.2 Å². The third-order valence-corrected chi connectivity index (χ3v) is 7.64. The van der Waals surface area contributed by atoms with Crippen molar-refractivity contribution in [1.29, 1.82) is 0 Å². The highest BCUT2D eigenvalue weighted by Gasteiger charge is 2.30. The number of halogens is 3. The monoisotopic (exact) mass is 534 g/mol. The molecule has 1 heterocycles. The zero-order valence-electron chi connectivity index (χ0n) is 19.2. The third kappa shape index (κ3) is 5.82. The van der Waals surface area contributed by atoms with Crippen LogP contribution >= 0.6 is 0 Å². The molecule has 0 aliphatic carbocycles. The number of benzene rings is 3. The number of sulfonamides is 1. The van der Waals surface area contributed by atoms with Crippen molar-refractivity contribution in [2.45, 2.75) is 11.1 Å². The van der Waals surface area contributed by atoms with Crippen molar-refractivity contribution in [3.63, 3.8) is 0 Å². The SMILES string of the molecule is O=C(Nc1ccc(-c2ccc(C(F)(F)F)cc2)cc1C(=O)O)c1cccc(S(=O)(=O)N2CCOCC2)c1. The number of carboxylic acids is 1. The van der Waals surface area contributed by atoms with E-state index in [9.17, 15) is 36.3 Å². The number of hydrogen-bond donors (Lipinski definition) is 2. The van der Waals surface area contributed by atoms with E-state index in [4.69, 9.17) is 4.74 Å². The fraction of sp³-hybridized carbons (Fsp3) is 0.200. The van der Waals surface area contributed by atoms with Crippen molar-refractivity contribution < 1.29 is 41.0 Å². The summed E-state index contributed by atoms with van der Waals surface area (Å²) in [6.07, 6.45) is -4.50. The predicted molar refractivity (Wildman–Crippen MR) is 128 cm³/mol. The van der Waals surface area contributed by atoms with Crippen LogP contribution in [0.3, 0.4) is 0 Å². The maximum Gasteiger partial charge on any atom is 0.416 e. The second-order valence-corrected chi connectivity index (χ2v) is 10.1. The normalized spacial score (nSPS) is 14.8. The molecule has 0 aromatic heterocycles. The number of hydrogen-bond acceptors (Lipinski definition) is 5. The molecule has 37 heavy (non-hydrogen) atoms. The maximum absolute atomic E-state index is 12.9. The summed E-state index contributed by atoms with van der Waals surface area (Å²) in [4.78, 5) is 24.7. The number of morpholine rings is 1. The van der Waals surface area contributed by atoms with Crippen LogP contribution in [0.5, 0.6) is 0 Å². The van der Waals surface area contributed by atoms with Crippen molar-refractivity contribution in [2.24, 2.45) is 0 Å². The molecule has 1 amide bonds. The van der Waals surface area contributed by atoms with Gasteiger partial charge in [0.25, 0.3) is 5.91 Å². The third-order valence-electron chi connectivity index (χ3n) is 5.75. The molecule has 3 aromatic carbocycles. The highest BCUT2D eigenvalue weighted by molar-refractivity contribution is 7.89. The number of rotatable bonds is 6. The van der Waals surface area contributed by atoms with Gasteiger partial charge in [-0.1, -0.05) is 24.3 Å². The lowest BCUT2D eigenvalue weighted by molar-refractivity contribution is -0.137. The largest absolute Gasteiger partial charge is 0.478 e. The summed E-state index contributed by atoms with van der Waals surface area (Å²) in [5, 5.41) is 12.1. The highest BCUT2D eigenvalue weighted by atomic mass is 32.2. The van der Waals surface area contributed by atoms with E-state index in [0.29, 0.717) is 11.1 Å². The van der Waals surface area contributed by atoms with Crippen LogP contribution in [0.25, 0.3) is 11.1 Å². The quantitative estimate of drug-likeness (QED) is 0.487. The smallest absolute Gasteiger partial charge is 0.416 e. The molecule has 0 radical (unpaired) electrons. The lowest BCUT2D eigenvalue weighted by atomic mass is 10.00. The minimum atomic E-state index is -4.50. The van der Waals surface area contributed by atoms with E-state index in [-0.39, 0.29) is 48.0 Å². The van der Waals surface area contributed by atoms with E-state index in [1.54, 1.807) is 0 Å². The first-order valence-electron chi connectivity index (χ1n) is 11.0. The Hall–Kier alpha value is -3.74. The van der Waals surface area contributed by atoms with Crippen molar-refractivity contribution in [3.05, 3.63) is 83.4 Å². The molecule has 1 aliphatic heterocycles. The van der Waals surface area contributed by atoms with Gasteiger partial charge in [0.1, 0.15) is 0 Å². The average molecular weight is 535 g/mol. The number of aromatic carboxylic acids is 1. The molecule has 0 bridgehead atoms. The zero-order valence-corrected chi connectivity index (χ0v) is 20.0. The number of amides is 1. The Bertz CT molecular complexity index is 1430. The van der Waals surface area contributed by atoms with Gasteiger partial charge in [0, 0.05) is 18.7 Å². The number of nitrogens with zero attached hydrogens (tertiary/aromatic N) is 1. The summed E-state index contributed by atoms with van der Waals surface area (Å²) < 4.78 is 70.8. The van der Waals surface area contributed by atoms with Gasteiger partial charge in [0.15, 0.2) is 0 Å². The van der Waals surface area contributed by atoms with Crippen LogP contribution in [0.2, 0.25) is 0 Å². The highest BCUT2D eigenvalue weighted by Crippen LogP contribution is 2.32. The average Bonchev–Trinajstić information content (AvgIpc) is 2.89. The molecule has 3 aromatic rings. The predicted octanol–water partition coefficient (Wildman–Crippen LogP) is 4.34. The minimum absolute atomic E-state index is 0.00232. The number of nitrogens with one attached hydrogen (secondary N) is 1. The van der Waals surface area contributed by atoms with Gasteiger partial charge >= 0.3 is 12.1 Å². The van der Waals surface area contributed by atoms with Crippen LogP contribution in [-0.4, -0.2) is 56.0 Å². The van der Waals surface area contributed by atoms with E-state index in [1.165, 1.54) is 58.9 Å². The van der Waals surface area contributed by atoms with Gasteiger partial charge in [0.2, 0.25) is 10.0 Å². The van der Waals surface area contributed by atoms with Gasteiger partial charge in [-0.3, -0.25) is 4.79 Å². The molecule has 0 unspecified atom stereocenters. The molecule has 1 aliphatic rings. The summed E-state index contributed by atoms with van der Waals surface area (Å²) in [7, 11) is -3.85. The second kappa shape index (κ2) is 10.3. The van der Waals surface area contributed by atoms with E-state index < -0.39 is 33.6 Å².